The van der Waals surface area contributed by atoms with Crippen molar-refractivity contribution in [1.82, 2.24) is 4.90 Å². The molecule has 0 saturated carbocycles. The normalized spacial score (nSPS) is 18.7. The number of nitrogens with zero attached hydrogens (tertiary/aromatic N) is 2. The summed E-state index contributed by atoms with van der Waals surface area (Å²) >= 11 is 0. The van der Waals surface area contributed by atoms with Gasteiger partial charge in [0.1, 0.15) is 0 Å². The Bertz CT molecular complexity index is 630. The van der Waals surface area contributed by atoms with Crippen LogP contribution in [-0.2, 0) is 14.3 Å². The summed E-state index contributed by atoms with van der Waals surface area (Å²) in [5.74, 6) is -0.216. The monoisotopic (exact) mass is 375 g/mol. The summed E-state index contributed by atoms with van der Waals surface area (Å²) in [5.41, 5.74) is 3.56. The number of benzene rings is 1. The van der Waals surface area contributed by atoms with E-state index in [4.69, 9.17) is 9.47 Å². The molecular formula is C21H33N3O3. The van der Waals surface area contributed by atoms with Gasteiger partial charge in [0.15, 0.2) is 5.79 Å². The van der Waals surface area contributed by atoms with Gasteiger partial charge in [-0.15, -0.1) is 0 Å². The first-order valence-electron chi connectivity index (χ1n) is 10.2. The fraction of sp³-hybridized carbons (Fsp3) is 0.667. The molecule has 27 heavy (non-hydrogen) atoms. The van der Waals surface area contributed by atoms with Crippen LogP contribution >= 0.6 is 0 Å². The summed E-state index contributed by atoms with van der Waals surface area (Å²) in [6.07, 6.45) is 2.06. The maximum Gasteiger partial charge on any atom is 0.224 e. The second kappa shape index (κ2) is 8.93. The molecule has 3 rings (SSSR count). The van der Waals surface area contributed by atoms with Crippen LogP contribution in [0.25, 0.3) is 0 Å². The molecule has 6 nitrogen and oxygen atoms in total. The zero-order chi connectivity index (χ0) is 19.3. The number of likely N-dealkylation sites (tertiary alicyclic amines) is 1. The van der Waals surface area contributed by atoms with Gasteiger partial charge in [0.25, 0.3) is 0 Å². The number of amides is 1. The van der Waals surface area contributed by atoms with Gasteiger partial charge in [-0.2, -0.15) is 0 Å². The standard InChI is InChI=1S/C21H33N3O3/c1-4-23(5-2)18-6-7-19(17(3)16-18)22-11-8-20(25)24-12-9-21(10-13-24)26-14-15-27-21/h6-7,16,22H,4-5,8-15H2,1-3H3. The summed E-state index contributed by atoms with van der Waals surface area (Å²) in [6, 6.07) is 6.48. The summed E-state index contributed by atoms with van der Waals surface area (Å²) in [4.78, 5) is 16.8. The third-order valence-electron chi connectivity index (χ3n) is 5.68. The van der Waals surface area contributed by atoms with E-state index >= 15 is 0 Å². The molecule has 1 aromatic carbocycles. The van der Waals surface area contributed by atoms with E-state index in [1.165, 1.54) is 11.3 Å². The highest BCUT2D eigenvalue weighted by atomic mass is 16.7. The Labute approximate surface area is 162 Å². The van der Waals surface area contributed by atoms with E-state index < -0.39 is 5.79 Å². The summed E-state index contributed by atoms with van der Waals surface area (Å²) in [7, 11) is 0. The van der Waals surface area contributed by atoms with Crippen molar-refractivity contribution in [2.24, 2.45) is 0 Å². The van der Waals surface area contributed by atoms with Gasteiger partial charge in [0, 0.05) is 63.4 Å². The van der Waals surface area contributed by atoms with Gasteiger partial charge >= 0.3 is 0 Å². The molecule has 0 unspecified atom stereocenters. The van der Waals surface area contributed by atoms with Crippen molar-refractivity contribution in [1.29, 1.82) is 0 Å². The number of hydrogen-bond donors (Lipinski definition) is 1. The first-order valence-corrected chi connectivity index (χ1v) is 10.2. The second-order valence-electron chi connectivity index (χ2n) is 7.34. The van der Waals surface area contributed by atoms with Crippen molar-refractivity contribution >= 4 is 17.3 Å². The lowest BCUT2D eigenvalue weighted by Crippen LogP contribution is -2.47. The number of piperidine rings is 1. The molecule has 2 saturated heterocycles. The van der Waals surface area contributed by atoms with E-state index in [9.17, 15) is 4.79 Å². The van der Waals surface area contributed by atoms with E-state index in [-0.39, 0.29) is 5.91 Å². The predicted molar refractivity (Wildman–Crippen MR) is 108 cm³/mol. The van der Waals surface area contributed by atoms with Gasteiger partial charge < -0.3 is 24.6 Å². The Morgan fingerprint density at radius 2 is 1.85 bits per heavy atom. The molecule has 150 valence electrons. The van der Waals surface area contributed by atoms with Gasteiger partial charge in [-0.05, 0) is 44.5 Å². The van der Waals surface area contributed by atoms with Gasteiger partial charge in [-0.1, -0.05) is 0 Å². The number of ether oxygens (including phenoxy) is 2. The maximum atomic E-state index is 12.5. The highest BCUT2D eigenvalue weighted by Gasteiger charge is 2.40. The van der Waals surface area contributed by atoms with Crippen LogP contribution in [0.15, 0.2) is 18.2 Å². The summed E-state index contributed by atoms with van der Waals surface area (Å²) < 4.78 is 11.5. The topological polar surface area (TPSA) is 54.0 Å². The van der Waals surface area contributed by atoms with E-state index in [0.717, 1.165) is 44.7 Å². The van der Waals surface area contributed by atoms with Gasteiger partial charge in [-0.25, -0.2) is 0 Å². The van der Waals surface area contributed by atoms with E-state index in [0.29, 0.717) is 26.2 Å². The van der Waals surface area contributed by atoms with Crippen molar-refractivity contribution in [3.05, 3.63) is 23.8 Å². The Hall–Kier alpha value is -1.79. The molecule has 0 bridgehead atoms. The smallest absolute Gasteiger partial charge is 0.224 e. The van der Waals surface area contributed by atoms with Gasteiger partial charge in [0.05, 0.1) is 13.2 Å². The number of carbonyl (C=O) groups excluding carboxylic acids is 1. The lowest BCUT2D eigenvalue weighted by Gasteiger charge is -2.37. The van der Waals surface area contributed by atoms with Crippen molar-refractivity contribution in [3.8, 4) is 0 Å². The third-order valence-corrected chi connectivity index (χ3v) is 5.68. The van der Waals surface area contributed by atoms with Crippen molar-refractivity contribution in [2.45, 2.75) is 45.8 Å². The molecule has 2 heterocycles. The Morgan fingerprint density at radius 3 is 2.44 bits per heavy atom. The van der Waals surface area contributed by atoms with Crippen LogP contribution in [0.1, 0.15) is 38.7 Å². The Kier molecular flexibility index (Phi) is 6.60. The number of hydrogen-bond acceptors (Lipinski definition) is 5. The quantitative estimate of drug-likeness (QED) is 0.794. The van der Waals surface area contributed by atoms with Crippen molar-refractivity contribution in [3.63, 3.8) is 0 Å². The third kappa shape index (κ3) is 4.74. The fourth-order valence-electron chi connectivity index (χ4n) is 3.98. The van der Waals surface area contributed by atoms with Crippen LogP contribution in [0.4, 0.5) is 11.4 Å². The van der Waals surface area contributed by atoms with Crippen molar-refractivity contribution < 1.29 is 14.3 Å². The molecule has 1 amide bonds. The second-order valence-corrected chi connectivity index (χ2v) is 7.34. The lowest BCUT2D eigenvalue weighted by molar-refractivity contribution is -0.187. The molecule has 2 aliphatic rings. The van der Waals surface area contributed by atoms with Crippen LogP contribution < -0.4 is 10.2 Å². The lowest BCUT2D eigenvalue weighted by atomic mass is 10.0. The van der Waals surface area contributed by atoms with Crippen molar-refractivity contribution in [2.75, 3.05) is 56.2 Å². The number of carbonyl (C=O) groups is 1. The van der Waals surface area contributed by atoms with E-state index in [1.807, 2.05) is 4.90 Å². The molecule has 1 spiro atoms. The van der Waals surface area contributed by atoms with Crippen LogP contribution in [0.3, 0.4) is 0 Å². The molecular weight excluding hydrogens is 342 g/mol. The maximum absolute atomic E-state index is 12.5. The first-order chi connectivity index (χ1) is 13.1. The number of nitrogens with one attached hydrogen (secondary N) is 1. The Morgan fingerprint density at radius 1 is 1.19 bits per heavy atom. The number of rotatable bonds is 7. The number of aryl methyl sites for hydroxylation is 1. The average molecular weight is 376 g/mol. The highest BCUT2D eigenvalue weighted by molar-refractivity contribution is 5.77. The first kappa shape index (κ1) is 20.0. The van der Waals surface area contributed by atoms with Gasteiger partial charge in [-0.3, -0.25) is 4.79 Å². The fourth-order valence-corrected chi connectivity index (χ4v) is 3.98. The molecule has 2 fully saturated rings. The van der Waals surface area contributed by atoms with Crippen LogP contribution in [0.5, 0.6) is 0 Å². The molecule has 6 heteroatoms. The van der Waals surface area contributed by atoms with E-state index in [1.54, 1.807) is 0 Å². The average Bonchev–Trinajstić information content (AvgIpc) is 3.13. The molecule has 0 aromatic heterocycles. The minimum Gasteiger partial charge on any atom is -0.384 e. The summed E-state index contributed by atoms with van der Waals surface area (Å²) in [5, 5.41) is 3.42. The van der Waals surface area contributed by atoms with E-state index in [2.05, 4.69) is 49.2 Å². The molecule has 1 aromatic rings. The predicted octanol–water partition coefficient (Wildman–Crippen LogP) is 3.01. The largest absolute Gasteiger partial charge is 0.384 e. The van der Waals surface area contributed by atoms with Crippen LogP contribution in [0, 0.1) is 6.92 Å². The summed E-state index contributed by atoms with van der Waals surface area (Å²) in [6.45, 7) is 11.9. The zero-order valence-corrected chi connectivity index (χ0v) is 16.9. The number of anilines is 2. The highest BCUT2D eigenvalue weighted by Crippen LogP contribution is 2.31. The minimum absolute atomic E-state index is 0.202. The zero-order valence-electron chi connectivity index (χ0n) is 16.9. The molecule has 1 N–H and O–H groups in total. The van der Waals surface area contributed by atoms with Crippen LogP contribution in [-0.4, -0.2) is 62.5 Å². The van der Waals surface area contributed by atoms with Gasteiger partial charge in [0.2, 0.25) is 5.91 Å². The SMILES string of the molecule is CCN(CC)c1ccc(NCCC(=O)N2CCC3(CC2)OCCO3)c(C)c1. The molecule has 0 aliphatic carbocycles. The molecule has 0 atom stereocenters. The molecule has 2 aliphatic heterocycles. The minimum atomic E-state index is -0.418. The van der Waals surface area contributed by atoms with Crippen LogP contribution in [0.2, 0.25) is 0 Å². The Balaban J connectivity index is 1.45. The molecule has 0 radical (unpaired) electrons.